The van der Waals surface area contributed by atoms with E-state index < -0.39 is 23.8 Å². The van der Waals surface area contributed by atoms with Crippen LogP contribution in [0.5, 0.6) is 5.75 Å². The van der Waals surface area contributed by atoms with Crippen molar-refractivity contribution in [2.45, 2.75) is 26.8 Å². The van der Waals surface area contributed by atoms with Crippen LogP contribution in [-0.4, -0.2) is 23.9 Å². The minimum atomic E-state index is -4.92. The van der Waals surface area contributed by atoms with Crippen molar-refractivity contribution in [3.05, 3.63) is 23.0 Å². The van der Waals surface area contributed by atoms with Crippen LogP contribution in [0.25, 0.3) is 0 Å². The van der Waals surface area contributed by atoms with Gasteiger partial charge in [0.05, 0.1) is 12.3 Å². The number of hydrogen-bond acceptors (Lipinski definition) is 5. The number of esters is 1. The van der Waals surface area contributed by atoms with Gasteiger partial charge in [-0.25, -0.2) is 9.78 Å². The SMILES string of the molecule is CCOC(=O)c1nc(CN)cc(C)c1OC(F)(F)F. The van der Waals surface area contributed by atoms with Gasteiger partial charge in [-0.15, -0.1) is 13.2 Å². The lowest BCUT2D eigenvalue weighted by molar-refractivity contribution is -0.275. The van der Waals surface area contributed by atoms with Gasteiger partial charge in [0.1, 0.15) is 0 Å². The van der Waals surface area contributed by atoms with Crippen LogP contribution in [0, 0.1) is 6.92 Å². The Morgan fingerprint density at radius 3 is 2.58 bits per heavy atom. The molecule has 0 bridgehead atoms. The summed E-state index contributed by atoms with van der Waals surface area (Å²) in [6, 6.07) is 1.32. The highest BCUT2D eigenvalue weighted by Crippen LogP contribution is 2.29. The molecule has 1 aromatic rings. The average molecular weight is 278 g/mol. The summed E-state index contributed by atoms with van der Waals surface area (Å²) < 4.78 is 45.4. The standard InChI is InChI=1S/C11H13F3N2O3/c1-3-18-10(17)8-9(19-11(12,13)14)6(2)4-7(5-15)16-8/h4H,3,5,15H2,1-2H3. The molecule has 8 heteroatoms. The Morgan fingerprint density at radius 2 is 2.11 bits per heavy atom. The van der Waals surface area contributed by atoms with Crippen molar-refractivity contribution in [2.75, 3.05) is 6.61 Å². The molecule has 106 valence electrons. The number of ether oxygens (including phenoxy) is 2. The Labute approximate surface area is 107 Å². The lowest BCUT2D eigenvalue weighted by atomic mass is 10.2. The van der Waals surface area contributed by atoms with Crippen LogP contribution in [0.1, 0.15) is 28.7 Å². The minimum absolute atomic E-state index is 0.0118. The molecule has 0 spiro atoms. The van der Waals surface area contributed by atoms with Crippen LogP contribution < -0.4 is 10.5 Å². The fourth-order valence-electron chi connectivity index (χ4n) is 1.42. The number of rotatable bonds is 4. The van der Waals surface area contributed by atoms with Crippen LogP contribution in [0.15, 0.2) is 6.07 Å². The average Bonchev–Trinajstić information content (AvgIpc) is 2.30. The molecule has 0 amide bonds. The number of carbonyl (C=O) groups is 1. The number of halogens is 3. The zero-order valence-electron chi connectivity index (χ0n) is 10.4. The molecular weight excluding hydrogens is 265 g/mol. The molecule has 0 aliphatic heterocycles. The lowest BCUT2D eigenvalue weighted by Crippen LogP contribution is -2.22. The van der Waals surface area contributed by atoms with Crippen molar-refractivity contribution in [1.29, 1.82) is 0 Å². The normalized spacial score (nSPS) is 11.3. The van der Waals surface area contributed by atoms with E-state index in [1.54, 1.807) is 0 Å². The number of carbonyl (C=O) groups excluding carboxylic acids is 1. The number of aromatic nitrogens is 1. The first kappa shape index (κ1) is 15.2. The van der Waals surface area contributed by atoms with Gasteiger partial charge in [0.25, 0.3) is 0 Å². The van der Waals surface area contributed by atoms with Crippen LogP contribution in [-0.2, 0) is 11.3 Å². The first-order chi connectivity index (χ1) is 8.78. The van der Waals surface area contributed by atoms with Crippen LogP contribution in [0.2, 0.25) is 0 Å². The summed E-state index contributed by atoms with van der Waals surface area (Å²) in [5.74, 6) is -1.65. The largest absolute Gasteiger partial charge is 0.573 e. The fourth-order valence-corrected chi connectivity index (χ4v) is 1.42. The molecule has 0 saturated heterocycles. The molecule has 1 aromatic heterocycles. The van der Waals surface area contributed by atoms with E-state index >= 15 is 0 Å². The topological polar surface area (TPSA) is 74.4 Å². The molecule has 0 aromatic carbocycles. The monoisotopic (exact) mass is 278 g/mol. The maximum Gasteiger partial charge on any atom is 0.573 e. The molecule has 0 saturated carbocycles. The Balaban J connectivity index is 3.29. The summed E-state index contributed by atoms with van der Waals surface area (Å²) in [5.41, 5.74) is 5.21. The van der Waals surface area contributed by atoms with Gasteiger partial charge in [0.2, 0.25) is 0 Å². The molecular formula is C11H13F3N2O3. The van der Waals surface area contributed by atoms with Gasteiger partial charge < -0.3 is 15.2 Å². The molecule has 5 nitrogen and oxygen atoms in total. The van der Waals surface area contributed by atoms with Gasteiger partial charge in [-0.05, 0) is 25.5 Å². The van der Waals surface area contributed by atoms with Crippen molar-refractivity contribution >= 4 is 5.97 Å². The molecule has 0 radical (unpaired) electrons. The van der Waals surface area contributed by atoms with E-state index in [9.17, 15) is 18.0 Å². The van der Waals surface area contributed by atoms with Gasteiger partial charge in [0.15, 0.2) is 11.4 Å². The molecule has 1 rings (SSSR count). The highest BCUT2D eigenvalue weighted by molar-refractivity contribution is 5.90. The van der Waals surface area contributed by atoms with Crippen molar-refractivity contribution in [3.8, 4) is 5.75 Å². The quantitative estimate of drug-likeness (QED) is 0.852. The lowest BCUT2D eigenvalue weighted by Gasteiger charge is -2.15. The highest BCUT2D eigenvalue weighted by Gasteiger charge is 2.35. The van der Waals surface area contributed by atoms with Crippen molar-refractivity contribution in [3.63, 3.8) is 0 Å². The maximum absolute atomic E-state index is 12.3. The van der Waals surface area contributed by atoms with Gasteiger partial charge in [0, 0.05) is 6.54 Å². The fraction of sp³-hybridized carbons (Fsp3) is 0.455. The number of nitrogens with two attached hydrogens (primary N) is 1. The van der Waals surface area contributed by atoms with Gasteiger partial charge in [-0.3, -0.25) is 0 Å². The van der Waals surface area contributed by atoms with E-state index in [0.717, 1.165) is 0 Å². The van der Waals surface area contributed by atoms with E-state index in [2.05, 4.69) is 14.5 Å². The Bertz CT molecular complexity index is 475. The molecule has 1 heterocycles. The molecule has 0 aliphatic rings. The highest BCUT2D eigenvalue weighted by atomic mass is 19.4. The van der Waals surface area contributed by atoms with Crippen molar-refractivity contribution in [1.82, 2.24) is 4.98 Å². The third kappa shape index (κ3) is 4.09. The Morgan fingerprint density at radius 1 is 1.47 bits per heavy atom. The number of pyridine rings is 1. The third-order valence-electron chi connectivity index (χ3n) is 2.11. The third-order valence-corrected chi connectivity index (χ3v) is 2.11. The van der Waals surface area contributed by atoms with Gasteiger partial charge in [-0.2, -0.15) is 0 Å². The number of aryl methyl sites for hydroxylation is 1. The van der Waals surface area contributed by atoms with Crippen LogP contribution in [0.4, 0.5) is 13.2 Å². The number of hydrogen-bond donors (Lipinski definition) is 1. The molecule has 2 N–H and O–H groups in total. The van der Waals surface area contributed by atoms with Crippen LogP contribution in [0.3, 0.4) is 0 Å². The summed E-state index contributed by atoms with van der Waals surface area (Å²) in [6.07, 6.45) is -4.92. The van der Waals surface area contributed by atoms with E-state index in [0.29, 0.717) is 0 Å². The Hall–Kier alpha value is -1.83. The number of alkyl halides is 3. The molecule has 0 aliphatic carbocycles. The maximum atomic E-state index is 12.3. The first-order valence-electron chi connectivity index (χ1n) is 5.42. The van der Waals surface area contributed by atoms with E-state index in [-0.39, 0.29) is 24.4 Å². The summed E-state index contributed by atoms with van der Waals surface area (Å²) in [7, 11) is 0. The zero-order valence-corrected chi connectivity index (χ0v) is 10.4. The Kier molecular flexibility index (Phi) is 4.71. The molecule has 0 fully saturated rings. The smallest absolute Gasteiger partial charge is 0.461 e. The van der Waals surface area contributed by atoms with Gasteiger partial charge >= 0.3 is 12.3 Å². The van der Waals surface area contributed by atoms with Crippen molar-refractivity contribution < 1.29 is 27.4 Å². The zero-order chi connectivity index (χ0) is 14.6. The summed E-state index contributed by atoms with van der Waals surface area (Å²) >= 11 is 0. The predicted molar refractivity (Wildman–Crippen MR) is 59.5 cm³/mol. The van der Waals surface area contributed by atoms with Gasteiger partial charge in [-0.1, -0.05) is 0 Å². The van der Waals surface area contributed by atoms with E-state index in [1.807, 2.05) is 0 Å². The van der Waals surface area contributed by atoms with Crippen molar-refractivity contribution in [2.24, 2.45) is 5.73 Å². The minimum Gasteiger partial charge on any atom is -0.461 e. The van der Waals surface area contributed by atoms with Crippen LogP contribution >= 0.6 is 0 Å². The first-order valence-corrected chi connectivity index (χ1v) is 5.42. The second-order valence-electron chi connectivity index (χ2n) is 3.58. The summed E-state index contributed by atoms with van der Waals surface area (Å²) in [4.78, 5) is 15.3. The predicted octanol–water partition coefficient (Wildman–Crippen LogP) is 1.92. The van der Waals surface area contributed by atoms with E-state index in [1.165, 1.54) is 19.9 Å². The molecule has 19 heavy (non-hydrogen) atoms. The summed E-state index contributed by atoms with van der Waals surface area (Å²) in [5, 5.41) is 0. The number of nitrogens with zero attached hydrogens (tertiary/aromatic N) is 1. The second-order valence-corrected chi connectivity index (χ2v) is 3.58. The van der Waals surface area contributed by atoms with E-state index in [4.69, 9.17) is 5.73 Å². The summed E-state index contributed by atoms with van der Waals surface area (Å²) in [6.45, 7) is 2.89. The molecule has 0 unspecified atom stereocenters. The molecule has 0 atom stereocenters. The second kappa shape index (κ2) is 5.87.